The van der Waals surface area contributed by atoms with E-state index in [2.05, 4.69) is 0 Å². The zero-order chi connectivity index (χ0) is 17.1. The van der Waals surface area contributed by atoms with E-state index in [-0.39, 0.29) is 18.0 Å². The summed E-state index contributed by atoms with van der Waals surface area (Å²) >= 11 is 7.14. The summed E-state index contributed by atoms with van der Waals surface area (Å²) < 4.78 is 12.8. The third-order valence-corrected chi connectivity index (χ3v) is 4.55. The van der Waals surface area contributed by atoms with E-state index < -0.39 is 5.97 Å². The molecule has 3 aromatic rings. The van der Waals surface area contributed by atoms with Crippen molar-refractivity contribution in [2.24, 2.45) is 0 Å². The van der Waals surface area contributed by atoms with Crippen LogP contribution in [0, 0.1) is 0 Å². The molecule has 5 nitrogen and oxygen atoms in total. The Morgan fingerprint density at radius 2 is 2.04 bits per heavy atom. The summed E-state index contributed by atoms with van der Waals surface area (Å²) in [5, 5.41) is 0.505. The number of thiazole rings is 1. The number of hydrogen-bond acceptors (Lipinski definition) is 5. The Hall–Kier alpha value is -2.31. The third-order valence-electron chi connectivity index (χ3n) is 3.30. The highest BCUT2D eigenvalue weighted by Gasteiger charge is 2.13. The fraction of sp³-hybridized carbons (Fsp3) is 0.176. The van der Waals surface area contributed by atoms with Gasteiger partial charge < -0.3 is 9.47 Å². The molecule has 0 aliphatic carbocycles. The number of esters is 1. The van der Waals surface area contributed by atoms with E-state index >= 15 is 0 Å². The first-order valence-electron chi connectivity index (χ1n) is 7.30. The minimum absolute atomic E-state index is 0.0998. The summed E-state index contributed by atoms with van der Waals surface area (Å²) in [5.41, 5.74) is 0.671. The van der Waals surface area contributed by atoms with Crippen molar-refractivity contribution in [2.45, 2.75) is 13.5 Å². The number of rotatable bonds is 5. The number of nitrogens with zero attached hydrogens (tertiary/aromatic N) is 1. The second-order valence-corrected chi connectivity index (χ2v) is 6.32. The van der Waals surface area contributed by atoms with Crippen molar-refractivity contribution in [1.82, 2.24) is 4.57 Å². The maximum absolute atomic E-state index is 12.1. The molecule has 0 aliphatic heterocycles. The fourth-order valence-electron chi connectivity index (χ4n) is 2.25. The Kier molecular flexibility index (Phi) is 4.87. The maximum atomic E-state index is 12.1. The van der Waals surface area contributed by atoms with Crippen molar-refractivity contribution >= 4 is 39.1 Å². The standard InChI is InChI=1S/C17H14ClNO4S/c1-2-22-16(20)10-19-13-8-7-11(9-15(13)24-17(19)21)23-14-6-4-3-5-12(14)18/h3-9H,2,10H2,1H3. The van der Waals surface area contributed by atoms with Crippen LogP contribution in [0.2, 0.25) is 5.02 Å². The van der Waals surface area contributed by atoms with Crippen molar-refractivity contribution in [3.63, 3.8) is 0 Å². The van der Waals surface area contributed by atoms with Crippen molar-refractivity contribution in [1.29, 1.82) is 0 Å². The minimum Gasteiger partial charge on any atom is -0.465 e. The average molecular weight is 364 g/mol. The van der Waals surface area contributed by atoms with E-state index in [1.807, 2.05) is 12.1 Å². The van der Waals surface area contributed by atoms with Crippen molar-refractivity contribution in [3.05, 3.63) is 57.2 Å². The van der Waals surface area contributed by atoms with E-state index in [9.17, 15) is 9.59 Å². The van der Waals surface area contributed by atoms with Crippen LogP contribution in [-0.2, 0) is 16.1 Å². The first-order chi connectivity index (χ1) is 11.6. The van der Waals surface area contributed by atoms with Crippen LogP contribution in [0.25, 0.3) is 10.2 Å². The van der Waals surface area contributed by atoms with E-state index in [0.717, 1.165) is 16.0 Å². The van der Waals surface area contributed by atoms with E-state index in [4.69, 9.17) is 21.1 Å². The molecule has 7 heteroatoms. The first kappa shape index (κ1) is 16.5. The molecule has 124 valence electrons. The van der Waals surface area contributed by atoms with Crippen LogP contribution in [0.1, 0.15) is 6.92 Å². The van der Waals surface area contributed by atoms with Gasteiger partial charge in [-0.25, -0.2) is 0 Å². The van der Waals surface area contributed by atoms with Gasteiger partial charge in [0.1, 0.15) is 18.0 Å². The van der Waals surface area contributed by atoms with Gasteiger partial charge in [-0.3, -0.25) is 14.2 Å². The van der Waals surface area contributed by atoms with Gasteiger partial charge in [-0.05, 0) is 31.2 Å². The molecule has 0 atom stereocenters. The number of hydrogen-bond donors (Lipinski definition) is 0. The second-order valence-electron chi connectivity index (χ2n) is 4.92. The van der Waals surface area contributed by atoms with Crippen LogP contribution in [0.4, 0.5) is 0 Å². The molecule has 0 saturated carbocycles. The van der Waals surface area contributed by atoms with Crippen LogP contribution in [0.15, 0.2) is 47.3 Å². The zero-order valence-electron chi connectivity index (χ0n) is 12.8. The van der Waals surface area contributed by atoms with Crippen molar-refractivity contribution in [3.8, 4) is 11.5 Å². The monoisotopic (exact) mass is 363 g/mol. The van der Waals surface area contributed by atoms with Gasteiger partial charge in [-0.1, -0.05) is 35.1 Å². The van der Waals surface area contributed by atoms with Gasteiger partial charge in [0.15, 0.2) is 0 Å². The zero-order valence-corrected chi connectivity index (χ0v) is 14.4. The summed E-state index contributed by atoms with van der Waals surface area (Å²) in [4.78, 5) is 23.5. The molecule has 0 spiro atoms. The Balaban J connectivity index is 1.91. The molecule has 1 heterocycles. The number of carbonyl (C=O) groups is 1. The lowest BCUT2D eigenvalue weighted by molar-refractivity contribution is -0.143. The van der Waals surface area contributed by atoms with E-state index in [1.54, 1.807) is 37.3 Å². The molecule has 1 aromatic heterocycles. The lowest BCUT2D eigenvalue weighted by Gasteiger charge is -2.08. The summed E-state index contributed by atoms with van der Waals surface area (Å²) in [5.74, 6) is 0.674. The third kappa shape index (κ3) is 3.44. The molecule has 3 rings (SSSR count). The van der Waals surface area contributed by atoms with Crippen LogP contribution < -0.4 is 9.61 Å². The van der Waals surface area contributed by atoms with Gasteiger partial charge in [0.05, 0.1) is 21.8 Å². The quantitative estimate of drug-likeness (QED) is 0.641. The van der Waals surface area contributed by atoms with Gasteiger partial charge in [-0.15, -0.1) is 0 Å². The maximum Gasteiger partial charge on any atom is 0.326 e. The summed E-state index contributed by atoms with van der Waals surface area (Å²) in [6.07, 6.45) is 0. The van der Waals surface area contributed by atoms with E-state index in [0.29, 0.717) is 22.0 Å². The molecule has 0 saturated heterocycles. The number of halogens is 1. The van der Waals surface area contributed by atoms with Crippen molar-refractivity contribution < 1.29 is 14.3 Å². The fourth-order valence-corrected chi connectivity index (χ4v) is 3.34. The highest BCUT2D eigenvalue weighted by atomic mass is 35.5. The Morgan fingerprint density at radius 1 is 1.25 bits per heavy atom. The predicted molar refractivity (Wildman–Crippen MR) is 94.2 cm³/mol. The number of para-hydroxylation sites is 1. The summed E-state index contributed by atoms with van der Waals surface area (Å²) in [6, 6.07) is 12.4. The molecule has 2 aromatic carbocycles. The number of aromatic nitrogens is 1. The van der Waals surface area contributed by atoms with Crippen LogP contribution >= 0.6 is 22.9 Å². The molecule has 24 heavy (non-hydrogen) atoms. The molecular formula is C17H14ClNO4S. The minimum atomic E-state index is -0.435. The second kappa shape index (κ2) is 7.07. The lowest BCUT2D eigenvalue weighted by Crippen LogP contribution is -2.20. The van der Waals surface area contributed by atoms with Crippen LogP contribution in [0.3, 0.4) is 0 Å². The molecule has 0 amide bonds. The molecule has 0 unspecified atom stereocenters. The number of carbonyl (C=O) groups excluding carboxylic acids is 1. The van der Waals surface area contributed by atoms with Gasteiger partial charge in [0.25, 0.3) is 0 Å². The van der Waals surface area contributed by atoms with Gasteiger partial charge >= 0.3 is 10.8 Å². The highest BCUT2D eigenvalue weighted by molar-refractivity contribution is 7.16. The molecule has 0 radical (unpaired) electrons. The molecule has 0 bridgehead atoms. The Bertz CT molecular complexity index is 947. The normalized spacial score (nSPS) is 10.8. The molecular weight excluding hydrogens is 350 g/mol. The number of benzene rings is 2. The number of fused-ring (bicyclic) bond motifs is 1. The molecule has 0 fully saturated rings. The largest absolute Gasteiger partial charge is 0.465 e. The summed E-state index contributed by atoms with van der Waals surface area (Å²) in [7, 11) is 0. The highest BCUT2D eigenvalue weighted by Crippen LogP contribution is 2.31. The molecule has 0 N–H and O–H groups in total. The summed E-state index contributed by atoms with van der Waals surface area (Å²) in [6.45, 7) is 1.91. The van der Waals surface area contributed by atoms with E-state index in [1.165, 1.54) is 4.57 Å². The molecule has 0 aliphatic rings. The van der Waals surface area contributed by atoms with Crippen LogP contribution in [0.5, 0.6) is 11.5 Å². The predicted octanol–water partition coefficient (Wildman–Crippen LogP) is 4.07. The average Bonchev–Trinajstić information content (AvgIpc) is 2.85. The smallest absolute Gasteiger partial charge is 0.326 e. The van der Waals surface area contributed by atoms with Crippen molar-refractivity contribution in [2.75, 3.05) is 6.61 Å². The lowest BCUT2D eigenvalue weighted by atomic mass is 10.3. The topological polar surface area (TPSA) is 57.5 Å². The Morgan fingerprint density at radius 3 is 2.79 bits per heavy atom. The van der Waals surface area contributed by atoms with Crippen LogP contribution in [-0.4, -0.2) is 17.1 Å². The number of ether oxygens (including phenoxy) is 2. The van der Waals surface area contributed by atoms with Gasteiger partial charge in [0, 0.05) is 6.07 Å². The SMILES string of the molecule is CCOC(=O)Cn1c(=O)sc2cc(Oc3ccccc3Cl)ccc21. The Labute approximate surface area is 147 Å². The van der Waals surface area contributed by atoms with Gasteiger partial charge in [-0.2, -0.15) is 0 Å². The first-order valence-corrected chi connectivity index (χ1v) is 8.49. The van der Waals surface area contributed by atoms with Gasteiger partial charge in [0.2, 0.25) is 0 Å².